The number of nitrogens with one attached hydrogen (secondary N) is 2. The van der Waals surface area contributed by atoms with Crippen molar-refractivity contribution >= 4 is 23.4 Å². The number of benzene rings is 1. The van der Waals surface area contributed by atoms with Crippen LogP contribution in [0.25, 0.3) is 0 Å². The zero-order valence-electron chi connectivity index (χ0n) is 15.7. The van der Waals surface area contributed by atoms with E-state index >= 15 is 0 Å². The number of carbonyl (C=O) groups is 2. The third-order valence-electron chi connectivity index (χ3n) is 5.78. The van der Waals surface area contributed by atoms with Gasteiger partial charge in [-0.25, -0.2) is 0 Å². The minimum atomic E-state index is 0.0825. The van der Waals surface area contributed by atoms with Crippen molar-refractivity contribution in [2.45, 2.75) is 57.7 Å². The highest BCUT2D eigenvalue weighted by Gasteiger charge is 2.36. The highest BCUT2D eigenvalue weighted by Crippen LogP contribution is 2.32. The summed E-state index contributed by atoms with van der Waals surface area (Å²) in [6.45, 7) is 2.86. The van der Waals surface area contributed by atoms with Crippen LogP contribution in [0.5, 0.6) is 0 Å². The molecule has 1 atom stereocenters. The van der Waals surface area contributed by atoms with Crippen LogP contribution in [-0.2, 0) is 22.7 Å². The van der Waals surface area contributed by atoms with Crippen LogP contribution >= 0.6 is 11.6 Å². The number of halogens is 1. The zero-order chi connectivity index (χ0) is 18.8. The van der Waals surface area contributed by atoms with Gasteiger partial charge in [-0.3, -0.25) is 9.59 Å². The van der Waals surface area contributed by atoms with Crippen molar-refractivity contribution in [1.29, 1.82) is 0 Å². The molecule has 1 saturated heterocycles. The molecule has 1 aromatic carbocycles. The van der Waals surface area contributed by atoms with Gasteiger partial charge in [-0.2, -0.15) is 0 Å². The van der Waals surface area contributed by atoms with Crippen molar-refractivity contribution in [2.75, 3.05) is 13.1 Å². The lowest BCUT2D eigenvalue weighted by Crippen LogP contribution is -2.43. The third-order valence-corrected chi connectivity index (χ3v) is 6.15. The molecule has 2 saturated carbocycles. The van der Waals surface area contributed by atoms with Gasteiger partial charge in [0.15, 0.2) is 0 Å². The van der Waals surface area contributed by atoms with Crippen molar-refractivity contribution in [1.82, 2.24) is 15.5 Å². The van der Waals surface area contributed by atoms with Gasteiger partial charge in [-0.1, -0.05) is 23.7 Å². The molecule has 1 aliphatic heterocycles. The first-order chi connectivity index (χ1) is 13.1. The van der Waals surface area contributed by atoms with Gasteiger partial charge < -0.3 is 15.5 Å². The Labute approximate surface area is 165 Å². The fourth-order valence-corrected chi connectivity index (χ4v) is 3.97. The molecule has 0 bridgehead atoms. The highest BCUT2D eigenvalue weighted by molar-refractivity contribution is 6.31. The van der Waals surface area contributed by atoms with Gasteiger partial charge in [-0.05, 0) is 62.3 Å². The molecule has 0 aromatic heterocycles. The van der Waals surface area contributed by atoms with Crippen LogP contribution in [0.2, 0.25) is 5.02 Å². The summed E-state index contributed by atoms with van der Waals surface area (Å²) in [7, 11) is 0. The second-order valence-corrected chi connectivity index (χ2v) is 8.57. The fraction of sp³-hybridized carbons (Fsp3) is 0.619. The van der Waals surface area contributed by atoms with E-state index in [0.29, 0.717) is 24.2 Å². The first-order valence-electron chi connectivity index (χ1n) is 10.2. The summed E-state index contributed by atoms with van der Waals surface area (Å²) >= 11 is 6.44. The monoisotopic (exact) mass is 389 g/mol. The molecule has 146 valence electrons. The number of piperidine rings is 1. The van der Waals surface area contributed by atoms with Crippen molar-refractivity contribution in [3.8, 4) is 0 Å². The van der Waals surface area contributed by atoms with Crippen LogP contribution in [0.3, 0.4) is 0 Å². The smallest absolute Gasteiger partial charge is 0.227 e. The van der Waals surface area contributed by atoms with Crippen LogP contribution in [0.4, 0.5) is 0 Å². The van der Waals surface area contributed by atoms with E-state index in [1.165, 1.54) is 0 Å². The van der Waals surface area contributed by atoms with Crippen molar-refractivity contribution < 1.29 is 9.59 Å². The average molecular weight is 390 g/mol. The number of hydrogen-bond donors (Lipinski definition) is 2. The molecule has 1 unspecified atom stereocenters. The van der Waals surface area contributed by atoms with E-state index < -0.39 is 0 Å². The minimum absolute atomic E-state index is 0.0825. The number of carbonyl (C=O) groups excluding carboxylic acids is 2. The quantitative estimate of drug-likeness (QED) is 0.753. The number of nitrogens with zero attached hydrogens (tertiary/aromatic N) is 1. The lowest BCUT2D eigenvalue weighted by molar-refractivity contribution is -0.137. The summed E-state index contributed by atoms with van der Waals surface area (Å²) in [5.41, 5.74) is 2.00. The molecule has 0 radical (unpaired) electrons. The van der Waals surface area contributed by atoms with Gasteiger partial charge in [0.25, 0.3) is 0 Å². The van der Waals surface area contributed by atoms with Crippen molar-refractivity contribution in [3.63, 3.8) is 0 Å². The van der Waals surface area contributed by atoms with Crippen LogP contribution < -0.4 is 10.6 Å². The number of rotatable bonds is 7. The van der Waals surface area contributed by atoms with E-state index in [1.807, 2.05) is 23.1 Å². The Bertz CT molecular complexity index is 709. The maximum absolute atomic E-state index is 13.1. The van der Waals surface area contributed by atoms with Gasteiger partial charge in [0.05, 0.1) is 5.92 Å². The molecule has 27 heavy (non-hydrogen) atoms. The molecule has 1 heterocycles. The van der Waals surface area contributed by atoms with Crippen LogP contribution in [0, 0.1) is 11.8 Å². The van der Waals surface area contributed by atoms with E-state index in [2.05, 4.69) is 10.6 Å². The minimum Gasteiger partial charge on any atom is -0.352 e. The van der Waals surface area contributed by atoms with E-state index in [1.54, 1.807) is 0 Å². The predicted molar refractivity (Wildman–Crippen MR) is 105 cm³/mol. The molecule has 5 nitrogen and oxygen atoms in total. The molecule has 3 fully saturated rings. The molecule has 4 rings (SSSR count). The predicted octanol–water partition coefficient (Wildman–Crippen LogP) is 2.86. The van der Waals surface area contributed by atoms with E-state index in [9.17, 15) is 9.59 Å². The molecule has 2 N–H and O–H groups in total. The molecular formula is C21H28ClN3O2. The summed E-state index contributed by atoms with van der Waals surface area (Å²) in [5.74, 6) is 0.697. The van der Waals surface area contributed by atoms with E-state index in [4.69, 9.17) is 11.6 Å². The molecule has 1 aromatic rings. The lowest BCUT2D eigenvalue weighted by Gasteiger charge is -2.30. The number of amides is 2. The normalized spacial score (nSPS) is 22.3. The maximum atomic E-state index is 13.1. The van der Waals surface area contributed by atoms with E-state index in [-0.39, 0.29) is 23.7 Å². The molecule has 0 spiro atoms. The SMILES string of the molecule is O=C(NCc1ccc(Cl)c(CN(C(=O)C2CCCNC2)C2CC2)c1)C1CC1. The van der Waals surface area contributed by atoms with Gasteiger partial charge in [0, 0.05) is 36.6 Å². The fourth-order valence-electron chi connectivity index (χ4n) is 3.79. The Morgan fingerprint density at radius 2 is 1.96 bits per heavy atom. The largest absolute Gasteiger partial charge is 0.352 e. The summed E-state index contributed by atoms with van der Waals surface area (Å²) in [5, 5.41) is 7.03. The van der Waals surface area contributed by atoms with Crippen molar-refractivity contribution in [3.05, 3.63) is 34.3 Å². The summed E-state index contributed by atoms with van der Waals surface area (Å²) in [6, 6.07) is 6.23. The molecular weight excluding hydrogens is 362 g/mol. The average Bonchev–Trinajstić information content (AvgIpc) is 3.58. The summed E-state index contributed by atoms with van der Waals surface area (Å²) in [6.07, 6.45) is 6.21. The van der Waals surface area contributed by atoms with Crippen LogP contribution in [0.15, 0.2) is 18.2 Å². The van der Waals surface area contributed by atoms with Crippen LogP contribution in [0.1, 0.15) is 49.7 Å². The molecule has 3 aliphatic rings. The molecule has 6 heteroatoms. The highest BCUT2D eigenvalue weighted by atomic mass is 35.5. The van der Waals surface area contributed by atoms with Crippen molar-refractivity contribution in [2.24, 2.45) is 11.8 Å². The number of hydrogen-bond acceptors (Lipinski definition) is 3. The third kappa shape index (κ3) is 4.82. The lowest BCUT2D eigenvalue weighted by atomic mass is 9.97. The Balaban J connectivity index is 1.43. The van der Waals surface area contributed by atoms with Gasteiger partial charge in [0.2, 0.25) is 11.8 Å². The van der Waals surface area contributed by atoms with Gasteiger partial charge in [0.1, 0.15) is 0 Å². The Morgan fingerprint density at radius 3 is 2.63 bits per heavy atom. The summed E-state index contributed by atoms with van der Waals surface area (Å²) in [4.78, 5) is 27.0. The topological polar surface area (TPSA) is 61.4 Å². The zero-order valence-corrected chi connectivity index (χ0v) is 16.4. The van der Waals surface area contributed by atoms with Gasteiger partial charge >= 0.3 is 0 Å². The second-order valence-electron chi connectivity index (χ2n) is 8.16. The Kier molecular flexibility index (Phi) is 5.69. The van der Waals surface area contributed by atoms with Gasteiger partial charge in [-0.15, -0.1) is 0 Å². The maximum Gasteiger partial charge on any atom is 0.227 e. The second kappa shape index (κ2) is 8.19. The Hall–Kier alpha value is -1.59. The summed E-state index contributed by atoms with van der Waals surface area (Å²) < 4.78 is 0. The van der Waals surface area contributed by atoms with Crippen LogP contribution in [-0.4, -0.2) is 35.8 Å². The van der Waals surface area contributed by atoms with E-state index in [0.717, 1.165) is 62.7 Å². The standard InChI is InChI=1S/C21H28ClN3O2/c22-19-8-3-14(11-24-20(26)15-4-5-15)10-17(19)13-25(18-6-7-18)21(27)16-2-1-9-23-12-16/h3,8,10,15-16,18,23H,1-2,4-7,9,11-13H2,(H,24,26). The first kappa shape index (κ1) is 18.8. The first-order valence-corrected chi connectivity index (χ1v) is 10.6. The molecule has 2 aliphatic carbocycles. The Morgan fingerprint density at radius 1 is 1.15 bits per heavy atom. The molecule has 2 amide bonds.